The zero-order valence-electron chi connectivity index (χ0n) is 12.4. The molecule has 0 atom stereocenters. The second-order valence-electron chi connectivity index (χ2n) is 5.85. The van der Waals surface area contributed by atoms with E-state index >= 15 is 0 Å². The fourth-order valence-electron chi connectivity index (χ4n) is 2.45. The van der Waals surface area contributed by atoms with E-state index in [2.05, 4.69) is 36.1 Å². The molecule has 0 aliphatic carbocycles. The number of hydrogen-bond acceptors (Lipinski definition) is 5. The topological polar surface area (TPSA) is 67.1 Å². The van der Waals surface area contributed by atoms with Crippen LogP contribution in [0.5, 0.6) is 0 Å². The molecular weight excluding hydrogens is 238 g/mol. The van der Waals surface area contributed by atoms with Crippen molar-refractivity contribution < 1.29 is 0 Å². The molecule has 0 unspecified atom stereocenters. The second kappa shape index (κ2) is 5.74. The van der Waals surface area contributed by atoms with E-state index in [0.717, 1.165) is 42.0 Å². The van der Waals surface area contributed by atoms with Gasteiger partial charge in [0.2, 0.25) is 0 Å². The van der Waals surface area contributed by atoms with Crippen LogP contribution in [-0.2, 0) is 0 Å². The quantitative estimate of drug-likeness (QED) is 0.647. The van der Waals surface area contributed by atoms with Gasteiger partial charge in [-0.05, 0) is 25.7 Å². The highest BCUT2D eigenvalue weighted by atomic mass is 15.3. The molecule has 3 N–H and O–H groups in total. The first-order valence-corrected chi connectivity index (χ1v) is 7.13. The SMILES string of the molecule is Cc1c(NN)nc(C(C)C)nc1N1CCC(C)CC1. The summed E-state index contributed by atoms with van der Waals surface area (Å²) in [5.74, 6) is 9.33. The van der Waals surface area contributed by atoms with Crippen LogP contribution in [0.4, 0.5) is 11.6 Å². The third-order valence-electron chi connectivity index (χ3n) is 3.87. The molecule has 5 heteroatoms. The molecule has 0 spiro atoms. The first-order valence-electron chi connectivity index (χ1n) is 7.13. The molecule has 0 amide bonds. The van der Waals surface area contributed by atoms with E-state index in [-0.39, 0.29) is 0 Å². The first-order chi connectivity index (χ1) is 9.02. The first kappa shape index (κ1) is 14.1. The number of hydrogen-bond donors (Lipinski definition) is 2. The Labute approximate surface area is 115 Å². The minimum Gasteiger partial charge on any atom is -0.356 e. The van der Waals surface area contributed by atoms with Crippen LogP contribution in [0.1, 0.15) is 50.9 Å². The molecule has 1 aliphatic heterocycles. The predicted octanol–water partition coefficient (Wildman–Crippen LogP) is 2.43. The minimum atomic E-state index is 0.301. The van der Waals surface area contributed by atoms with Crippen molar-refractivity contribution in [1.29, 1.82) is 0 Å². The van der Waals surface area contributed by atoms with Gasteiger partial charge in [0.15, 0.2) is 0 Å². The van der Waals surface area contributed by atoms with Gasteiger partial charge in [-0.15, -0.1) is 0 Å². The number of anilines is 2. The number of nitrogen functional groups attached to an aromatic ring is 1. The van der Waals surface area contributed by atoms with Gasteiger partial charge in [0, 0.05) is 24.6 Å². The summed E-state index contributed by atoms with van der Waals surface area (Å²) in [5, 5.41) is 0. The van der Waals surface area contributed by atoms with Crippen molar-refractivity contribution in [3.8, 4) is 0 Å². The molecule has 1 aromatic rings. The van der Waals surface area contributed by atoms with E-state index < -0.39 is 0 Å². The van der Waals surface area contributed by atoms with Crippen molar-refractivity contribution in [2.75, 3.05) is 23.4 Å². The fourth-order valence-corrected chi connectivity index (χ4v) is 2.45. The molecule has 1 aliphatic rings. The summed E-state index contributed by atoms with van der Waals surface area (Å²) in [6.45, 7) is 10.7. The number of nitrogens with two attached hydrogens (primary N) is 1. The maximum absolute atomic E-state index is 5.58. The number of piperidine rings is 1. The van der Waals surface area contributed by atoms with Gasteiger partial charge in [-0.2, -0.15) is 0 Å². The maximum atomic E-state index is 5.58. The Bertz CT molecular complexity index is 436. The Morgan fingerprint density at radius 3 is 2.42 bits per heavy atom. The predicted molar refractivity (Wildman–Crippen MR) is 79.3 cm³/mol. The largest absolute Gasteiger partial charge is 0.356 e. The molecule has 106 valence electrons. The van der Waals surface area contributed by atoms with Gasteiger partial charge < -0.3 is 10.3 Å². The lowest BCUT2D eigenvalue weighted by atomic mass is 9.99. The number of hydrazine groups is 1. The Morgan fingerprint density at radius 1 is 1.26 bits per heavy atom. The van der Waals surface area contributed by atoms with Crippen LogP contribution in [0.2, 0.25) is 0 Å². The Morgan fingerprint density at radius 2 is 1.89 bits per heavy atom. The third-order valence-corrected chi connectivity index (χ3v) is 3.87. The van der Waals surface area contributed by atoms with E-state index in [4.69, 9.17) is 10.8 Å². The molecule has 0 bridgehead atoms. The Balaban J connectivity index is 2.35. The van der Waals surface area contributed by atoms with Crippen LogP contribution in [0.3, 0.4) is 0 Å². The van der Waals surface area contributed by atoms with Gasteiger partial charge in [-0.3, -0.25) is 0 Å². The summed E-state index contributed by atoms with van der Waals surface area (Å²) < 4.78 is 0. The summed E-state index contributed by atoms with van der Waals surface area (Å²) in [4.78, 5) is 11.6. The van der Waals surface area contributed by atoms with Crippen LogP contribution < -0.4 is 16.2 Å². The van der Waals surface area contributed by atoms with Crippen LogP contribution in [0.15, 0.2) is 0 Å². The van der Waals surface area contributed by atoms with E-state index in [0.29, 0.717) is 5.92 Å². The number of aromatic nitrogens is 2. The van der Waals surface area contributed by atoms with Gasteiger partial charge in [0.25, 0.3) is 0 Å². The molecule has 5 nitrogen and oxygen atoms in total. The lowest BCUT2D eigenvalue weighted by Gasteiger charge is -2.32. The van der Waals surface area contributed by atoms with E-state index in [1.807, 2.05) is 6.92 Å². The highest BCUT2D eigenvalue weighted by Gasteiger charge is 2.21. The van der Waals surface area contributed by atoms with Gasteiger partial charge in [0.05, 0.1) is 0 Å². The molecule has 0 radical (unpaired) electrons. The molecule has 19 heavy (non-hydrogen) atoms. The standard InChI is InChI=1S/C14H25N5/c1-9(2)12-16-13(18-15)11(4)14(17-12)19-7-5-10(3)6-8-19/h9-10H,5-8,15H2,1-4H3,(H,16,17,18). The zero-order chi connectivity index (χ0) is 14.0. The molecule has 0 aromatic carbocycles. The van der Waals surface area contributed by atoms with Crippen molar-refractivity contribution in [1.82, 2.24) is 9.97 Å². The highest BCUT2D eigenvalue weighted by molar-refractivity contribution is 5.58. The lowest BCUT2D eigenvalue weighted by molar-refractivity contribution is 0.435. The Kier molecular flexibility index (Phi) is 4.24. The summed E-state index contributed by atoms with van der Waals surface area (Å²) in [5.41, 5.74) is 3.74. The van der Waals surface area contributed by atoms with Crippen molar-refractivity contribution >= 4 is 11.6 Å². The van der Waals surface area contributed by atoms with Crippen molar-refractivity contribution in [3.05, 3.63) is 11.4 Å². The smallest absolute Gasteiger partial charge is 0.148 e. The molecule has 0 saturated carbocycles. The van der Waals surface area contributed by atoms with Crippen LogP contribution >= 0.6 is 0 Å². The van der Waals surface area contributed by atoms with Crippen molar-refractivity contribution in [2.45, 2.75) is 46.5 Å². The minimum absolute atomic E-state index is 0.301. The zero-order valence-corrected chi connectivity index (χ0v) is 12.4. The molecule has 1 aromatic heterocycles. The van der Waals surface area contributed by atoms with E-state index in [9.17, 15) is 0 Å². The van der Waals surface area contributed by atoms with Crippen LogP contribution in [0.25, 0.3) is 0 Å². The van der Waals surface area contributed by atoms with E-state index in [1.54, 1.807) is 0 Å². The van der Waals surface area contributed by atoms with E-state index in [1.165, 1.54) is 12.8 Å². The molecule has 1 fully saturated rings. The van der Waals surface area contributed by atoms with Crippen LogP contribution in [-0.4, -0.2) is 23.1 Å². The summed E-state index contributed by atoms with van der Waals surface area (Å²) in [6.07, 6.45) is 2.46. The average molecular weight is 263 g/mol. The van der Waals surface area contributed by atoms with Crippen molar-refractivity contribution in [3.63, 3.8) is 0 Å². The fraction of sp³-hybridized carbons (Fsp3) is 0.714. The monoisotopic (exact) mass is 263 g/mol. The number of nitrogens with zero attached hydrogens (tertiary/aromatic N) is 3. The number of nitrogens with one attached hydrogen (secondary N) is 1. The van der Waals surface area contributed by atoms with Gasteiger partial charge in [-0.1, -0.05) is 20.8 Å². The summed E-state index contributed by atoms with van der Waals surface area (Å²) >= 11 is 0. The summed E-state index contributed by atoms with van der Waals surface area (Å²) in [6, 6.07) is 0. The molecule has 2 heterocycles. The Hall–Kier alpha value is -1.36. The van der Waals surface area contributed by atoms with Crippen LogP contribution in [0, 0.1) is 12.8 Å². The second-order valence-corrected chi connectivity index (χ2v) is 5.85. The average Bonchev–Trinajstić information content (AvgIpc) is 2.40. The molecular formula is C14H25N5. The van der Waals surface area contributed by atoms with Gasteiger partial charge in [-0.25, -0.2) is 15.8 Å². The molecule has 1 saturated heterocycles. The highest BCUT2D eigenvalue weighted by Crippen LogP contribution is 2.28. The van der Waals surface area contributed by atoms with Crippen molar-refractivity contribution in [2.24, 2.45) is 11.8 Å². The maximum Gasteiger partial charge on any atom is 0.148 e. The lowest BCUT2D eigenvalue weighted by Crippen LogP contribution is -2.34. The van der Waals surface area contributed by atoms with Gasteiger partial charge in [0.1, 0.15) is 17.5 Å². The van der Waals surface area contributed by atoms with Gasteiger partial charge >= 0.3 is 0 Å². The molecule has 2 rings (SSSR count). The number of rotatable bonds is 3. The normalized spacial score (nSPS) is 17.1. The summed E-state index contributed by atoms with van der Waals surface area (Å²) in [7, 11) is 0. The third kappa shape index (κ3) is 2.97.